The number of hydrogen-bond acceptors (Lipinski definition) is 14. The predicted octanol–water partition coefficient (Wildman–Crippen LogP) is 1.92. The predicted molar refractivity (Wildman–Crippen MR) is 205 cm³/mol. The molecule has 0 radical (unpaired) electrons. The lowest BCUT2D eigenvalue weighted by atomic mass is 9.38. The number of ether oxygens (including phenoxy) is 6. The van der Waals surface area contributed by atoms with Crippen molar-refractivity contribution in [3.05, 3.63) is 24.3 Å². The summed E-state index contributed by atoms with van der Waals surface area (Å²) in [7, 11) is 1.75. The van der Waals surface area contributed by atoms with Gasteiger partial charge in [0.2, 0.25) is 0 Å². The van der Waals surface area contributed by atoms with E-state index in [1.165, 1.54) is 0 Å². The van der Waals surface area contributed by atoms with Crippen molar-refractivity contribution in [2.45, 2.75) is 178 Å². The van der Waals surface area contributed by atoms with E-state index in [0.29, 0.717) is 18.3 Å². The summed E-state index contributed by atoms with van der Waals surface area (Å²) in [6, 6.07) is 0. The molecule has 3 heterocycles. The van der Waals surface area contributed by atoms with Crippen LogP contribution in [0.2, 0.25) is 0 Å². The Kier molecular flexibility index (Phi) is 11.9. The van der Waals surface area contributed by atoms with E-state index in [4.69, 9.17) is 28.4 Å². The van der Waals surface area contributed by atoms with Crippen LogP contribution in [0.1, 0.15) is 93.4 Å². The monoisotopic (exact) mass is 810 g/mol. The van der Waals surface area contributed by atoms with Crippen LogP contribution in [-0.4, -0.2) is 146 Å². The van der Waals surface area contributed by atoms with E-state index < -0.39 is 104 Å². The minimum atomic E-state index is -1.52. The average Bonchev–Trinajstić information content (AvgIpc) is 3.55. The third kappa shape index (κ3) is 6.49. The van der Waals surface area contributed by atoms with E-state index in [0.717, 1.165) is 38.5 Å². The third-order valence-corrected chi connectivity index (χ3v) is 16.8. The van der Waals surface area contributed by atoms with Crippen LogP contribution in [0.5, 0.6) is 0 Å². The molecule has 326 valence electrons. The lowest BCUT2D eigenvalue weighted by Gasteiger charge is -2.65. The molecule has 0 aromatic heterocycles. The molecule has 20 unspecified atom stereocenters. The molecule has 20 atom stereocenters. The first-order valence-corrected chi connectivity index (χ1v) is 21.2. The van der Waals surface area contributed by atoms with Crippen LogP contribution in [0.3, 0.4) is 0 Å². The highest BCUT2D eigenvalue weighted by atomic mass is 16.7. The van der Waals surface area contributed by atoms with Gasteiger partial charge in [0.05, 0.1) is 24.9 Å². The summed E-state index contributed by atoms with van der Waals surface area (Å²) in [6.45, 7) is 14.2. The van der Waals surface area contributed by atoms with Crippen molar-refractivity contribution < 1.29 is 69.3 Å². The maximum absolute atomic E-state index is 10.9. The molecule has 0 aromatic carbocycles. The third-order valence-electron chi connectivity index (χ3n) is 16.8. The molecule has 0 aromatic rings. The molecular weight excluding hydrogens is 740 g/mol. The van der Waals surface area contributed by atoms with Gasteiger partial charge in [0.25, 0.3) is 0 Å². The smallest absolute Gasteiger partial charge is 0.187 e. The van der Waals surface area contributed by atoms with E-state index in [-0.39, 0.29) is 28.1 Å². The second-order valence-electron chi connectivity index (χ2n) is 20.1. The Balaban J connectivity index is 1.08. The molecule has 7 aliphatic rings. The number of fused-ring (bicyclic) bond motifs is 2. The van der Waals surface area contributed by atoms with E-state index in [2.05, 4.69) is 52.8 Å². The molecule has 7 rings (SSSR count). The van der Waals surface area contributed by atoms with Gasteiger partial charge in [-0.15, -0.1) is 0 Å². The Labute approximate surface area is 337 Å². The van der Waals surface area contributed by atoms with E-state index in [1.807, 2.05) is 19.9 Å². The van der Waals surface area contributed by atoms with Crippen LogP contribution in [0.4, 0.5) is 0 Å². The van der Waals surface area contributed by atoms with Crippen LogP contribution in [0, 0.1) is 45.3 Å². The quantitative estimate of drug-likeness (QED) is 0.140. The fourth-order valence-electron chi connectivity index (χ4n) is 13.3. The molecule has 4 aliphatic carbocycles. The van der Waals surface area contributed by atoms with Crippen LogP contribution in [0.25, 0.3) is 0 Å². The van der Waals surface area contributed by atoms with Gasteiger partial charge >= 0.3 is 0 Å². The van der Waals surface area contributed by atoms with Crippen molar-refractivity contribution in [1.29, 1.82) is 0 Å². The number of aliphatic hydroxyl groups is 8. The maximum atomic E-state index is 10.9. The summed E-state index contributed by atoms with van der Waals surface area (Å²) in [5.41, 5.74) is -2.41. The van der Waals surface area contributed by atoms with E-state index in [1.54, 1.807) is 7.11 Å². The molecule has 0 amide bonds. The fraction of sp³-hybridized carbons (Fsp3) is 0.907. The molecule has 1 spiro atoms. The Morgan fingerprint density at radius 1 is 0.789 bits per heavy atom. The second-order valence-corrected chi connectivity index (χ2v) is 20.1. The molecule has 57 heavy (non-hydrogen) atoms. The molecule has 14 nitrogen and oxygen atoms in total. The first-order chi connectivity index (χ1) is 26.7. The molecule has 6 fully saturated rings. The zero-order valence-electron chi connectivity index (χ0n) is 34.9. The standard InChI is InChI=1S/C43H70O14/c1-22(10-9-15-38(2,3)56-36-34(51)32(49)30(47)25(21-45)54-36)23-13-16-41(7)26-14-17-43-27(42(26,37(52-8)57-43)19-18-40(23,41)6)11-12-28(39(43,4)5)55-35-33(50)31(48)29(46)24(20-44)53-35/h9,14-15,17,22-37,44-51H,10-13,16,18-21H2,1-8H3/b15-9+. The molecule has 3 saturated carbocycles. The summed E-state index contributed by atoms with van der Waals surface area (Å²) in [6.07, 6.45) is 1.01. The van der Waals surface area contributed by atoms with Gasteiger partial charge in [-0.3, -0.25) is 0 Å². The Bertz CT molecular complexity index is 1500. The number of aliphatic hydroxyl groups excluding tert-OH is 8. The molecule has 2 bridgehead atoms. The van der Waals surface area contributed by atoms with Gasteiger partial charge in [-0.2, -0.15) is 0 Å². The molecule has 3 saturated heterocycles. The topological polar surface area (TPSA) is 217 Å². The second kappa shape index (κ2) is 15.4. The van der Waals surface area contributed by atoms with Gasteiger partial charge < -0.3 is 69.3 Å². The highest BCUT2D eigenvalue weighted by Crippen LogP contribution is 2.79. The first-order valence-electron chi connectivity index (χ1n) is 21.2. The van der Waals surface area contributed by atoms with Crippen LogP contribution >= 0.6 is 0 Å². The summed E-state index contributed by atoms with van der Waals surface area (Å²) < 4.78 is 37.5. The van der Waals surface area contributed by atoms with Gasteiger partial charge in [0.15, 0.2) is 18.9 Å². The number of allylic oxidation sites excluding steroid dienone is 2. The largest absolute Gasteiger partial charge is 0.394 e. The molecule has 3 aliphatic heterocycles. The summed E-state index contributed by atoms with van der Waals surface area (Å²) in [5, 5.41) is 82.0. The van der Waals surface area contributed by atoms with Crippen LogP contribution < -0.4 is 0 Å². The Morgan fingerprint density at radius 2 is 1.40 bits per heavy atom. The minimum Gasteiger partial charge on any atom is -0.394 e. The van der Waals surface area contributed by atoms with Crippen molar-refractivity contribution in [2.75, 3.05) is 20.3 Å². The normalized spacial score (nSPS) is 52.4. The summed E-state index contributed by atoms with van der Waals surface area (Å²) >= 11 is 0. The fourth-order valence-corrected chi connectivity index (χ4v) is 13.3. The SMILES string of the molecule is COC1OC23C=CC4C1(CCC1(C)C(C(C)C/C=C/C(C)(C)OC5OC(CO)C(O)C(O)C5O)CCC41C)C2CCC(OC1OC(CO)C(O)C(O)C1O)C3(C)C. The van der Waals surface area contributed by atoms with Gasteiger partial charge in [-0.1, -0.05) is 58.9 Å². The first kappa shape index (κ1) is 44.0. The number of rotatable bonds is 11. The van der Waals surface area contributed by atoms with Gasteiger partial charge in [-0.05, 0) is 87.4 Å². The van der Waals surface area contributed by atoms with Crippen molar-refractivity contribution in [2.24, 2.45) is 45.3 Å². The van der Waals surface area contributed by atoms with E-state index in [9.17, 15) is 40.9 Å². The average molecular weight is 811 g/mol. The highest BCUT2D eigenvalue weighted by molar-refractivity contribution is 5.34. The minimum absolute atomic E-state index is 0.0274. The lowest BCUT2D eigenvalue weighted by Crippen LogP contribution is -2.66. The Hall–Kier alpha value is -1.08. The van der Waals surface area contributed by atoms with Crippen molar-refractivity contribution >= 4 is 0 Å². The zero-order valence-corrected chi connectivity index (χ0v) is 34.9. The lowest BCUT2D eigenvalue weighted by molar-refractivity contribution is -0.331. The summed E-state index contributed by atoms with van der Waals surface area (Å²) in [4.78, 5) is 0. The zero-order chi connectivity index (χ0) is 41.7. The van der Waals surface area contributed by atoms with Crippen molar-refractivity contribution in [1.82, 2.24) is 0 Å². The van der Waals surface area contributed by atoms with Gasteiger partial charge in [-0.25, -0.2) is 0 Å². The summed E-state index contributed by atoms with van der Waals surface area (Å²) in [5.74, 6) is 1.19. The van der Waals surface area contributed by atoms with Gasteiger partial charge in [0.1, 0.15) is 54.4 Å². The van der Waals surface area contributed by atoms with Crippen molar-refractivity contribution in [3.8, 4) is 0 Å². The highest BCUT2D eigenvalue weighted by Gasteiger charge is 2.79. The van der Waals surface area contributed by atoms with E-state index >= 15 is 0 Å². The molecular formula is C43H70O14. The van der Waals surface area contributed by atoms with Gasteiger partial charge in [0, 0.05) is 23.9 Å². The van der Waals surface area contributed by atoms with Crippen molar-refractivity contribution in [3.63, 3.8) is 0 Å². The number of methoxy groups -OCH3 is 1. The maximum Gasteiger partial charge on any atom is 0.187 e. The number of hydrogen-bond donors (Lipinski definition) is 8. The Morgan fingerprint density at radius 3 is 2.02 bits per heavy atom. The van der Waals surface area contributed by atoms with Crippen LogP contribution in [0.15, 0.2) is 24.3 Å². The molecule has 8 N–H and O–H groups in total. The van der Waals surface area contributed by atoms with Crippen LogP contribution in [-0.2, 0) is 28.4 Å². The molecule has 14 heteroatoms.